The molecule has 0 spiro atoms. The minimum absolute atomic E-state index is 0.0111. The molecule has 5 rings (SSSR count). The molecule has 3 amide bonds. The summed E-state index contributed by atoms with van der Waals surface area (Å²) in [6.07, 6.45) is 2.53. The lowest BCUT2D eigenvalue weighted by atomic mass is 9.92. The number of hydrogen-bond donors (Lipinski definition) is 1. The van der Waals surface area contributed by atoms with Crippen molar-refractivity contribution in [1.29, 1.82) is 0 Å². The number of benzene rings is 1. The first-order chi connectivity index (χ1) is 14.5. The van der Waals surface area contributed by atoms with E-state index in [1.54, 1.807) is 6.92 Å². The van der Waals surface area contributed by atoms with Crippen LogP contribution in [-0.4, -0.2) is 63.0 Å². The van der Waals surface area contributed by atoms with E-state index in [2.05, 4.69) is 20.3 Å². The molecular formula is C21H23N5O4. The average Bonchev–Trinajstić information content (AvgIpc) is 3.31. The van der Waals surface area contributed by atoms with Gasteiger partial charge in [0, 0.05) is 12.6 Å². The lowest BCUT2D eigenvalue weighted by molar-refractivity contribution is -0.139. The Bertz CT molecular complexity index is 986. The predicted octanol–water partition coefficient (Wildman–Crippen LogP) is 1.07. The number of nitrogens with one attached hydrogen (secondary N) is 1. The fourth-order valence-electron chi connectivity index (χ4n) is 4.60. The SMILES string of the molecule is Cc1nonc1C(=O)N1CC(=O)N2[C@H](C[C@@H](C(=O)NC3CC3)[C@H]2c2ccccc2)C1. The molecule has 1 saturated carbocycles. The van der Waals surface area contributed by atoms with Gasteiger partial charge in [-0.15, -0.1) is 0 Å². The van der Waals surface area contributed by atoms with Crippen LogP contribution in [0.15, 0.2) is 35.0 Å². The normalized spacial score (nSPS) is 25.9. The topological polar surface area (TPSA) is 109 Å². The van der Waals surface area contributed by atoms with Crippen molar-refractivity contribution >= 4 is 17.7 Å². The first-order valence-electron chi connectivity index (χ1n) is 10.3. The monoisotopic (exact) mass is 409 g/mol. The summed E-state index contributed by atoms with van der Waals surface area (Å²) < 4.78 is 4.64. The molecule has 3 fully saturated rings. The molecule has 30 heavy (non-hydrogen) atoms. The maximum Gasteiger partial charge on any atom is 0.278 e. The number of aryl methyl sites for hydroxylation is 1. The number of carbonyl (C=O) groups excluding carboxylic acids is 3. The van der Waals surface area contributed by atoms with E-state index in [9.17, 15) is 14.4 Å². The Hall–Kier alpha value is -3.23. The van der Waals surface area contributed by atoms with Crippen molar-refractivity contribution in [3.8, 4) is 0 Å². The van der Waals surface area contributed by atoms with Crippen molar-refractivity contribution in [3.05, 3.63) is 47.3 Å². The zero-order valence-corrected chi connectivity index (χ0v) is 16.7. The number of rotatable bonds is 4. The summed E-state index contributed by atoms with van der Waals surface area (Å²) in [7, 11) is 0. The van der Waals surface area contributed by atoms with Crippen LogP contribution in [0.3, 0.4) is 0 Å². The molecule has 2 aliphatic heterocycles. The Morgan fingerprint density at radius 2 is 1.93 bits per heavy atom. The second-order valence-corrected chi connectivity index (χ2v) is 8.32. The van der Waals surface area contributed by atoms with E-state index in [0.717, 1.165) is 18.4 Å². The van der Waals surface area contributed by atoms with Crippen LogP contribution in [0.1, 0.15) is 47.1 Å². The van der Waals surface area contributed by atoms with Crippen molar-refractivity contribution in [2.45, 2.75) is 44.3 Å². The zero-order chi connectivity index (χ0) is 20.8. The standard InChI is InChI=1S/C21H23N5O4/c1-12-18(24-30-23-12)21(29)25-10-15-9-16(20(28)22-14-7-8-14)19(26(15)17(27)11-25)13-5-3-2-4-6-13/h2-6,14-16,19H,7-11H2,1H3,(H,22,28)/t15-,16-,19-/m1/s1. The lowest BCUT2D eigenvalue weighted by Crippen LogP contribution is -2.56. The molecule has 9 nitrogen and oxygen atoms in total. The van der Waals surface area contributed by atoms with Gasteiger partial charge in [0.25, 0.3) is 5.91 Å². The molecule has 0 radical (unpaired) electrons. The van der Waals surface area contributed by atoms with E-state index < -0.39 is 0 Å². The van der Waals surface area contributed by atoms with Crippen molar-refractivity contribution in [1.82, 2.24) is 25.4 Å². The third-order valence-corrected chi connectivity index (χ3v) is 6.19. The van der Waals surface area contributed by atoms with Gasteiger partial charge in [0.1, 0.15) is 12.2 Å². The van der Waals surface area contributed by atoms with E-state index in [4.69, 9.17) is 0 Å². The van der Waals surface area contributed by atoms with Crippen molar-refractivity contribution in [2.24, 2.45) is 5.92 Å². The van der Waals surface area contributed by atoms with Crippen LogP contribution in [0.25, 0.3) is 0 Å². The summed E-state index contributed by atoms with van der Waals surface area (Å²) in [5, 5.41) is 10.4. The number of aromatic nitrogens is 2. The number of fused-ring (bicyclic) bond motifs is 1. The lowest BCUT2D eigenvalue weighted by Gasteiger charge is -2.39. The highest BCUT2D eigenvalue weighted by Crippen LogP contribution is 2.43. The quantitative estimate of drug-likeness (QED) is 0.809. The Kier molecular flexibility index (Phi) is 4.52. The molecule has 1 N–H and O–H groups in total. The largest absolute Gasteiger partial charge is 0.353 e. The maximum atomic E-state index is 13.2. The molecule has 3 aliphatic rings. The van der Waals surface area contributed by atoms with Gasteiger partial charge in [-0.05, 0) is 36.9 Å². The summed E-state index contributed by atoms with van der Waals surface area (Å²) in [5.41, 5.74) is 1.46. The number of carbonyl (C=O) groups is 3. The summed E-state index contributed by atoms with van der Waals surface area (Å²) >= 11 is 0. The molecule has 2 saturated heterocycles. The van der Waals surface area contributed by atoms with E-state index in [1.165, 1.54) is 4.90 Å². The number of nitrogens with zero attached hydrogens (tertiary/aromatic N) is 4. The van der Waals surface area contributed by atoms with E-state index >= 15 is 0 Å². The average molecular weight is 409 g/mol. The van der Waals surface area contributed by atoms with Gasteiger partial charge < -0.3 is 15.1 Å². The van der Waals surface area contributed by atoms with Gasteiger partial charge in [0.05, 0.1) is 18.0 Å². The second-order valence-electron chi connectivity index (χ2n) is 8.32. The van der Waals surface area contributed by atoms with Crippen molar-refractivity contribution in [2.75, 3.05) is 13.1 Å². The minimum atomic E-state index is -0.371. The molecule has 3 heterocycles. The van der Waals surface area contributed by atoms with E-state index in [0.29, 0.717) is 18.7 Å². The molecule has 2 aromatic rings. The summed E-state index contributed by atoms with van der Waals surface area (Å²) in [6.45, 7) is 1.94. The molecule has 0 bridgehead atoms. The summed E-state index contributed by atoms with van der Waals surface area (Å²) in [6, 6.07) is 9.38. The molecule has 9 heteroatoms. The number of amides is 3. The number of hydrogen-bond acceptors (Lipinski definition) is 6. The van der Waals surface area contributed by atoms with Gasteiger partial charge in [0.2, 0.25) is 11.8 Å². The molecule has 1 aromatic heterocycles. The first kappa shape index (κ1) is 18.8. The zero-order valence-electron chi connectivity index (χ0n) is 16.7. The van der Waals surface area contributed by atoms with Crippen LogP contribution >= 0.6 is 0 Å². The Morgan fingerprint density at radius 3 is 2.60 bits per heavy atom. The second kappa shape index (κ2) is 7.23. The van der Waals surface area contributed by atoms with Crippen LogP contribution in [0.4, 0.5) is 0 Å². The fraction of sp³-hybridized carbons (Fsp3) is 0.476. The molecular weight excluding hydrogens is 386 g/mol. The van der Waals surface area contributed by atoms with Crippen LogP contribution < -0.4 is 5.32 Å². The van der Waals surface area contributed by atoms with E-state index in [-0.39, 0.29) is 54.0 Å². The maximum absolute atomic E-state index is 13.2. The molecule has 1 aromatic carbocycles. The summed E-state index contributed by atoms with van der Waals surface area (Å²) in [4.78, 5) is 42.3. The highest BCUT2D eigenvalue weighted by Gasteiger charge is 2.51. The van der Waals surface area contributed by atoms with Crippen molar-refractivity contribution in [3.63, 3.8) is 0 Å². The third kappa shape index (κ3) is 3.24. The predicted molar refractivity (Wildman–Crippen MR) is 104 cm³/mol. The van der Waals surface area contributed by atoms with Crippen LogP contribution in [0.5, 0.6) is 0 Å². The van der Waals surface area contributed by atoms with Crippen LogP contribution in [0, 0.1) is 12.8 Å². The molecule has 156 valence electrons. The highest BCUT2D eigenvalue weighted by atomic mass is 16.6. The van der Waals surface area contributed by atoms with Crippen LogP contribution in [0.2, 0.25) is 0 Å². The van der Waals surface area contributed by atoms with Gasteiger partial charge in [-0.3, -0.25) is 14.4 Å². The van der Waals surface area contributed by atoms with Gasteiger partial charge in [0.15, 0.2) is 5.69 Å². The smallest absolute Gasteiger partial charge is 0.278 e. The van der Waals surface area contributed by atoms with E-state index in [1.807, 2.05) is 35.2 Å². The molecule has 1 aliphatic carbocycles. The number of piperazine rings is 1. The van der Waals surface area contributed by atoms with Gasteiger partial charge >= 0.3 is 0 Å². The Labute approximate surface area is 173 Å². The van der Waals surface area contributed by atoms with Crippen LogP contribution in [-0.2, 0) is 9.59 Å². The van der Waals surface area contributed by atoms with Gasteiger partial charge in [-0.2, -0.15) is 0 Å². The Morgan fingerprint density at radius 1 is 1.17 bits per heavy atom. The van der Waals surface area contributed by atoms with Gasteiger partial charge in [-0.25, -0.2) is 4.63 Å². The Balaban J connectivity index is 1.43. The molecule has 0 unspecified atom stereocenters. The highest BCUT2D eigenvalue weighted by molar-refractivity contribution is 5.96. The van der Waals surface area contributed by atoms with Crippen molar-refractivity contribution < 1.29 is 19.0 Å². The molecule has 3 atom stereocenters. The first-order valence-corrected chi connectivity index (χ1v) is 10.3. The minimum Gasteiger partial charge on any atom is -0.353 e. The summed E-state index contributed by atoms with van der Waals surface area (Å²) in [5.74, 6) is -0.886. The van der Waals surface area contributed by atoms with Gasteiger partial charge in [-0.1, -0.05) is 35.5 Å². The third-order valence-electron chi connectivity index (χ3n) is 6.19. The fourth-order valence-corrected chi connectivity index (χ4v) is 4.60.